The first-order chi connectivity index (χ1) is 17.7. The van der Waals surface area contributed by atoms with Crippen molar-refractivity contribution in [3.8, 4) is 5.75 Å². The average molecular weight is 510 g/mol. The highest BCUT2D eigenvalue weighted by molar-refractivity contribution is 5.90. The van der Waals surface area contributed by atoms with Crippen LogP contribution < -0.4 is 4.74 Å². The van der Waals surface area contributed by atoms with Crippen molar-refractivity contribution in [3.05, 3.63) is 109 Å². The number of esters is 2. The summed E-state index contributed by atoms with van der Waals surface area (Å²) in [5.74, 6) is -1.64. The highest BCUT2D eigenvalue weighted by Crippen LogP contribution is 2.30. The van der Waals surface area contributed by atoms with Gasteiger partial charge in [-0.05, 0) is 60.9 Å². The predicted molar refractivity (Wildman–Crippen MR) is 125 cm³/mol. The first-order valence-corrected chi connectivity index (χ1v) is 11.0. The Kier molecular flexibility index (Phi) is 7.37. The van der Waals surface area contributed by atoms with Crippen LogP contribution in [0.15, 0.2) is 66.7 Å². The molecule has 12 heteroatoms. The molecule has 37 heavy (non-hydrogen) atoms. The predicted octanol–water partition coefficient (Wildman–Crippen LogP) is 4.42. The number of nitrogens with zero attached hydrogens (tertiary/aromatic N) is 2. The van der Waals surface area contributed by atoms with Crippen LogP contribution in [0.3, 0.4) is 0 Å². The smallest absolute Gasteiger partial charge is 0.338 e. The third-order valence-corrected chi connectivity index (χ3v) is 5.68. The molecule has 1 heterocycles. The van der Waals surface area contributed by atoms with E-state index in [9.17, 15) is 34.2 Å². The van der Waals surface area contributed by atoms with Crippen LogP contribution in [0.5, 0.6) is 5.75 Å². The van der Waals surface area contributed by atoms with Gasteiger partial charge >= 0.3 is 11.9 Å². The highest BCUT2D eigenvalue weighted by atomic mass is 19.1. The van der Waals surface area contributed by atoms with Gasteiger partial charge in [0, 0.05) is 24.3 Å². The molecule has 190 valence electrons. The molecule has 0 bridgehead atoms. The number of aryl methyl sites for hydroxylation is 1. The quantitative estimate of drug-likeness (QED) is 0.244. The number of fused-ring (bicyclic) bond motifs is 1. The number of carbonyl (C=O) groups excluding carboxylic acids is 2. The summed E-state index contributed by atoms with van der Waals surface area (Å²) in [5, 5.41) is 21.7. The summed E-state index contributed by atoms with van der Waals surface area (Å²) >= 11 is 0. The number of halogens is 1. The number of nitro groups is 2. The van der Waals surface area contributed by atoms with Crippen LogP contribution in [0.2, 0.25) is 0 Å². The Morgan fingerprint density at radius 1 is 0.919 bits per heavy atom. The van der Waals surface area contributed by atoms with Crippen molar-refractivity contribution in [1.29, 1.82) is 0 Å². The average Bonchev–Trinajstić information content (AvgIpc) is 2.90. The largest absolute Gasteiger partial charge is 0.486 e. The van der Waals surface area contributed by atoms with Crippen molar-refractivity contribution >= 4 is 23.3 Å². The fourth-order valence-corrected chi connectivity index (χ4v) is 3.74. The number of benzene rings is 3. The molecule has 2 atom stereocenters. The number of carbonyl (C=O) groups is 2. The summed E-state index contributed by atoms with van der Waals surface area (Å²) in [5.41, 5.74) is 0.327. The zero-order valence-corrected chi connectivity index (χ0v) is 19.1. The summed E-state index contributed by atoms with van der Waals surface area (Å²) in [6.45, 7) is -0.407. The summed E-state index contributed by atoms with van der Waals surface area (Å²) < 4.78 is 30.4. The van der Waals surface area contributed by atoms with E-state index in [-0.39, 0.29) is 22.5 Å². The summed E-state index contributed by atoms with van der Waals surface area (Å²) in [7, 11) is 0. The molecule has 0 aliphatic carbocycles. The minimum atomic E-state index is -1.08. The fourth-order valence-electron chi connectivity index (χ4n) is 3.74. The molecule has 0 fully saturated rings. The monoisotopic (exact) mass is 510 g/mol. The number of non-ortho nitro benzene ring substituents is 2. The molecule has 0 aromatic heterocycles. The topological polar surface area (TPSA) is 148 Å². The van der Waals surface area contributed by atoms with Crippen LogP contribution in [0.4, 0.5) is 15.8 Å². The van der Waals surface area contributed by atoms with Crippen LogP contribution in [-0.4, -0.2) is 40.6 Å². The van der Waals surface area contributed by atoms with E-state index in [0.29, 0.717) is 24.2 Å². The number of hydrogen-bond donors (Lipinski definition) is 0. The van der Waals surface area contributed by atoms with Gasteiger partial charge in [-0.2, -0.15) is 0 Å². The minimum Gasteiger partial charge on any atom is -0.486 e. The van der Waals surface area contributed by atoms with Gasteiger partial charge in [0.05, 0.1) is 21.0 Å². The van der Waals surface area contributed by atoms with E-state index in [2.05, 4.69) is 0 Å². The lowest BCUT2D eigenvalue weighted by molar-refractivity contribution is -0.385. The second-order valence-electron chi connectivity index (χ2n) is 8.10. The molecular formula is C25H19FN2O9. The standard InChI is InChI=1S/C25H19FN2O9/c26-18-6-12-21-17(13-18)5-11-22(36-21)23(37-25(30)16-3-9-20(10-4-16)28(33)34)14-35-24(29)15-1-7-19(8-2-15)27(31)32/h1-4,6-10,12-13,22-23H,5,11,14H2/t22?,23-/m1/s1. The lowest BCUT2D eigenvalue weighted by Gasteiger charge is -2.31. The van der Waals surface area contributed by atoms with Gasteiger partial charge in [0.25, 0.3) is 11.4 Å². The van der Waals surface area contributed by atoms with Gasteiger partial charge in [-0.3, -0.25) is 20.2 Å². The van der Waals surface area contributed by atoms with Gasteiger partial charge in [-0.15, -0.1) is 0 Å². The van der Waals surface area contributed by atoms with E-state index in [1.165, 1.54) is 42.5 Å². The molecule has 1 aliphatic heterocycles. The van der Waals surface area contributed by atoms with Crippen molar-refractivity contribution in [2.45, 2.75) is 25.0 Å². The zero-order chi connectivity index (χ0) is 26.5. The molecule has 1 aliphatic rings. The van der Waals surface area contributed by atoms with Crippen molar-refractivity contribution in [2.75, 3.05) is 6.61 Å². The molecule has 0 N–H and O–H groups in total. The van der Waals surface area contributed by atoms with Crippen LogP contribution in [0.25, 0.3) is 0 Å². The Labute approximate surface area is 208 Å². The summed E-state index contributed by atoms with van der Waals surface area (Å²) in [6, 6.07) is 13.6. The molecule has 3 aromatic rings. The van der Waals surface area contributed by atoms with Gasteiger partial charge in [0.2, 0.25) is 0 Å². The molecule has 4 rings (SSSR count). The molecule has 0 saturated carbocycles. The summed E-state index contributed by atoms with van der Waals surface area (Å²) in [6.07, 6.45) is -1.09. The second-order valence-corrected chi connectivity index (χ2v) is 8.10. The number of rotatable bonds is 8. The van der Waals surface area contributed by atoms with E-state index < -0.39 is 46.4 Å². The molecule has 0 amide bonds. The number of ether oxygens (including phenoxy) is 3. The molecule has 0 saturated heterocycles. The van der Waals surface area contributed by atoms with Crippen LogP contribution >= 0.6 is 0 Å². The molecule has 0 radical (unpaired) electrons. The van der Waals surface area contributed by atoms with Crippen LogP contribution in [0, 0.1) is 26.0 Å². The summed E-state index contributed by atoms with van der Waals surface area (Å²) in [4.78, 5) is 45.8. The van der Waals surface area contributed by atoms with Crippen molar-refractivity contribution in [1.82, 2.24) is 0 Å². The molecule has 3 aromatic carbocycles. The van der Waals surface area contributed by atoms with Crippen LogP contribution in [0.1, 0.15) is 32.7 Å². The van der Waals surface area contributed by atoms with E-state index in [1.54, 1.807) is 0 Å². The number of hydrogen-bond acceptors (Lipinski definition) is 9. The maximum atomic E-state index is 13.6. The third-order valence-electron chi connectivity index (χ3n) is 5.68. The van der Waals surface area contributed by atoms with Crippen LogP contribution in [-0.2, 0) is 15.9 Å². The zero-order valence-electron chi connectivity index (χ0n) is 19.1. The molecular weight excluding hydrogens is 491 g/mol. The first-order valence-electron chi connectivity index (χ1n) is 11.0. The Morgan fingerprint density at radius 2 is 1.49 bits per heavy atom. The molecule has 1 unspecified atom stereocenters. The van der Waals surface area contributed by atoms with E-state index in [0.717, 1.165) is 24.3 Å². The van der Waals surface area contributed by atoms with E-state index in [1.807, 2.05) is 0 Å². The van der Waals surface area contributed by atoms with E-state index in [4.69, 9.17) is 14.2 Å². The van der Waals surface area contributed by atoms with Crippen molar-refractivity contribution in [2.24, 2.45) is 0 Å². The van der Waals surface area contributed by atoms with Crippen molar-refractivity contribution in [3.63, 3.8) is 0 Å². The Balaban J connectivity index is 1.50. The maximum absolute atomic E-state index is 13.6. The lowest BCUT2D eigenvalue weighted by Crippen LogP contribution is -2.41. The Bertz CT molecular complexity index is 1340. The third kappa shape index (κ3) is 6.04. The van der Waals surface area contributed by atoms with Gasteiger partial charge in [0.1, 0.15) is 24.3 Å². The molecule has 11 nitrogen and oxygen atoms in total. The highest BCUT2D eigenvalue weighted by Gasteiger charge is 2.33. The Morgan fingerprint density at radius 3 is 2.05 bits per heavy atom. The van der Waals surface area contributed by atoms with Gasteiger partial charge in [-0.25, -0.2) is 14.0 Å². The SMILES string of the molecule is O=C(OC[C@@H](OC(=O)c1ccc([N+](=O)[O-])cc1)C1CCc2cc(F)ccc2O1)c1ccc([N+](=O)[O-])cc1. The Hall–Kier alpha value is -4.87. The fraction of sp³-hybridized carbons (Fsp3) is 0.200. The maximum Gasteiger partial charge on any atom is 0.338 e. The second kappa shape index (κ2) is 10.8. The minimum absolute atomic E-state index is 0.0376. The van der Waals surface area contributed by atoms with Gasteiger partial charge in [0.15, 0.2) is 6.10 Å². The van der Waals surface area contributed by atoms with E-state index >= 15 is 0 Å². The van der Waals surface area contributed by atoms with Gasteiger partial charge in [-0.1, -0.05) is 0 Å². The number of nitro benzene ring substituents is 2. The van der Waals surface area contributed by atoms with Crippen molar-refractivity contribution < 1.29 is 38.0 Å². The molecule has 0 spiro atoms. The lowest BCUT2D eigenvalue weighted by atomic mass is 9.99. The normalized spacial score (nSPS) is 15.0. The first kappa shape index (κ1) is 25.2. The van der Waals surface area contributed by atoms with Gasteiger partial charge < -0.3 is 14.2 Å².